The van der Waals surface area contributed by atoms with E-state index in [0.29, 0.717) is 11.6 Å². The van der Waals surface area contributed by atoms with Crippen molar-refractivity contribution in [1.82, 2.24) is 14.7 Å². The van der Waals surface area contributed by atoms with E-state index >= 15 is 0 Å². The topological polar surface area (TPSA) is 54.1 Å². The van der Waals surface area contributed by atoms with Crippen molar-refractivity contribution in [1.29, 1.82) is 5.26 Å². The van der Waals surface area contributed by atoms with E-state index in [1.54, 1.807) is 7.11 Å². The first-order valence-electron chi connectivity index (χ1n) is 7.93. The Morgan fingerprint density at radius 3 is 2.96 bits per heavy atom. The van der Waals surface area contributed by atoms with Crippen molar-refractivity contribution in [3.8, 4) is 6.07 Å². The summed E-state index contributed by atoms with van der Waals surface area (Å²) < 4.78 is 7.53. The van der Waals surface area contributed by atoms with Crippen molar-refractivity contribution in [3.05, 3.63) is 53.3 Å². The van der Waals surface area contributed by atoms with Gasteiger partial charge in [0.05, 0.1) is 23.9 Å². The minimum absolute atomic E-state index is 0.245. The van der Waals surface area contributed by atoms with Crippen LogP contribution in [0.2, 0.25) is 0 Å². The number of likely N-dealkylation sites (tertiary alicyclic amines) is 1. The highest BCUT2D eigenvalue weighted by molar-refractivity contribution is 5.32. The molecule has 2 aromatic rings. The number of rotatable bonds is 5. The molecule has 1 aromatic heterocycles. The van der Waals surface area contributed by atoms with Crippen LogP contribution in [0.1, 0.15) is 23.1 Å². The van der Waals surface area contributed by atoms with Gasteiger partial charge in [-0.1, -0.05) is 12.1 Å². The maximum absolute atomic E-state index is 9.06. The minimum Gasteiger partial charge on any atom is -0.380 e. The third-order valence-corrected chi connectivity index (χ3v) is 4.55. The molecule has 1 saturated heterocycles. The molecule has 1 aromatic carbocycles. The number of methoxy groups -OCH3 is 1. The van der Waals surface area contributed by atoms with Gasteiger partial charge in [-0.15, -0.1) is 0 Å². The van der Waals surface area contributed by atoms with Crippen LogP contribution >= 0.6 is 0 Å². The van der Waals surface area contributed by atoms with E-state index in [0.717, 1.165) is 25.9 Å². The van der Waals surface area contributed by atoms with Crippen molar-refractivity contribution >= 4 is 0 Å². The number of hydrogen-bond acceptors (Lipinski definition) is 4. The lowest BCUT2D eigenvalue weighted by Gasteiger charge is -2.27. The van der Waals surface area contributed by atoms with Gasteiger partial charge in [0.15, 0.2) is 0 Å². The fourth-order valence-corrected chi connectivity index (χ4v) is 3.41. The molecule has 23 heavy (non-hydrogen) atoms. The Morgan fingerprint density at radius 1 is 1.39 bits per heavy atom. The molecule has 2 atom stereocenters. The number of hydrogen-bond donors (Lipinski definition) is 0. The molecule has 5 heteroatoms. The second kappa shape index (κ2) is 6.95. The van der Waals surface area contributed by atoms with Crippen LogP contribution in [0, 0.1) is 11.3 Å². The Bertz CT molecular complexity index is 703. The monoisotopic (exact) mass is 310 g/mol. The lowest BCUT2D eigenvalue weighted by atomic mass is 10.0. The zero-order chi connectivity index (χ0) is 16.2. The van der Waals surface area contributed by atoms with E-state index in [1.807, 2.05) is 36.1 Å². The SMILES string of the molecule is CO[C@@H]1CCN(Cc2cccc(C#N)c2)[C@@H]1Cc1cnn(C)c1. The molecule has 120 valence electrons. The van der Waals surface area contributed by atoms with Gasteiger partial charge in [0.25, 0.3) is 0 Å². The van der Waals surface area contributed by atoms with Gasteiger partial charge in [-0.2, -0.15) is 10.4 Å². The summed E-state index contributed by atoms with van der Waals surface area (Å²) in [4.78, 5) is 2.46. The Balaban J connectivity index is 1.75. The molecule has 0 bridgehead atoms. The van der Waals surface area contributed by atoms with Crippen LogP contribution in [0.5, 0.6) is 0 Å². The van der Waals surface area contributed by atoms with Crippen LogP contribution in [0.4, 0.5) is 0 Å². The highest BCUT2D eigenvalue weighted by Crippen LogP contribution is 2.26. The van der Waals surface area contributed by atoms with Gasteiger partial charge in [-0.3, -0.25) is 9.58 Å². The normalized spacial score (nSPS) is 21.4. The molecule has 1 aliphatic heterocycles. The van der Waals surface area contributed by atoms with E-state index in [1.165, 1.54) is 11.1 Å². The third kappa shape index (κ3) is 3.61. The number of nitriles is 1. The first kappa shape index (κ1) is 15.7. The first-order chi connectivity index (χ1) is 11.2. The number of ether oxygens (including phenoxy) is 1. The molecule has 0 saturated carbocycles. The highest BCUT2D eigenvalue weighted by Gasteiger charge is 2.34. The van der Waals surface area contributed by atoms with Crippen LogP contribution in [-0.4, -0.2) is 40.5 Å². The molecule has 3 rings (SSSR count). The Labute approximate surface area is 137 Å². The maximum Gasteiger partial charge on any atom is 0.0991 e. The molecule has 5 nitrogen and oxygen atoms in total. The van der Waals surface area contributed by atoms with Crippen LogP contribution < -0.4 is 0 Å². The summed E-state index contributed by atoms with van der Waals surface area (Å²) in [6.45, 7) is 1.86. The van der Waals surface area contributed by atoms with Crippen molar-refractivity contribution < 1.29 is 4.74 Å². The average molecular weight is 310 g/mol. The predicted molar refractivity (Wildman–Crippen MR) is 87.7 cm³/mol. The second-order valence-corrected chi connectivity index (χ2v) is 6.14. The van der Waals surface area contributed by atoms with E-state index in [-0.39, 0.29) is 6.10 Å². The number of nitrogens with zero attached hydrogens (tertiary/aromatic N) is 4. The summed E-state index contributed by atoms with van der Waals surface area (Å²) in [5.74, 6) is 0. The Kier molecular flexibility index (Phi) is 4.75. The molecule has 0 unspecified atom stereocenters. The molecule has 0 spiro atoms. The van der Waals surface area contributed by atoms with E-state index < -0.39 is 0 Å². The molecule has 0 amide bonds. The van der Waals surface area contributed by atoms with Gasteiger partial charge in [-0.25, -0.2) is 0 Å². The smallest absolute Gasteiger partial charge is 0.0991 e. The summed E-state index contributed by atoms with van der Waals surface area (Å²) in [6.07, 6.45) is 6.22. The molecule has 2 heterocycles. The molecule has 1 aliphatic rings. The minimum atomic E-state index is 0.245. The average Bonchev–Trinajstić information content (AvgIpc) is 3.14. The van der Waals surface area contributed by atoms with Gasteiger partial charge in [0.2, 0.25) is 0 Å². The van der Waals surface area contributed by atoms with Crippen molar-refractivity contribution in [2.45, 2.75) is 31.5 Å². The van der Waals surface area contributed by atoms with E-state index in [4.69, 9.17) is 10.00 Å². The standard InChI is InChI=1S/C18H22N4O/c1-21-12-16(11-20-21)9-17-18(23-2)6-7-22(17)13-15-5-3-4-14(8-15)10-19/h3-5,8,11-12,17-18H,6-7,9,13H2,1-2H3/t17-,18-/m1/s1. The summed E-state index contributed by atoms with van der Waals surface area (Å²) in [5, 5.41) is 13.3. The molecule has 0 radical (unpaired) electrons. The third-order valence-electron chi connectivity index (χ3n) is 4.55. The van der Waals surface area contributed by atoms with Gasteiger partial charge >= 0.3 is 0 Å². The van der Waals surface area contributed by atoms with Crippen LogP contribution in [0.3, 0.4) is 0 Å². The van der Waals surface area contributed by atoms with Crippen LogP contribution in [0.25, 0.3) is 0 Å². The van der Waals surface area contributed by atoms with Gasteiger partial charge in [0, 0.05) is 39.5 Å². The zero-order valence-electron chi connectivity index (χ0n) is 13.6. The molecular weight excluding hydrogens is 288 g/mol. The van der Waals surface area contributed by atoms with E-state index in [2.05, 4.69) is 28.3 Å². The largest absolute Gasteiger partial charge is 0.380 e. The lowest BCUT2D eigenvalue weighted by Crippen LogP contribution is -2.37. The summed E-state index contributed by atoms with van der Waals surface area (Å²) in [5.41, 5.74) is 3.13. The number of benzene rings is 1. The maximum atomic E-state index is 9.06. The van der Waals surface area contributed by atoms with Crippen LogP contribution in [0.15, 0.2) is 36.7 Å². The molecule has 0 N–H and O–H groups in total. The molecular formula is C18H22N4O. The van der Waals surface area contributed by atoms with Crippen molar-refractivity contribution in [2.75, 3.05) is 13.7 Å². The van der Waals surface area contributed by atoms with Crippen LogP contribution in [-0.2, 0) is 24.8 Å². The zero-order valence-corrected chi connectivity index (χ0v) is 13.6. The van der Waals surface area contributed by atoms with Gasteiger partial charge < -0.3 is 4.74 Å². The number of aromatic nitrogens is 2. The highest BCUT2D eigenvalue weighted by atomic mass is 16.5. The van der Waals surface area contributed by atoms with Gasteiger partial charge in [-0.05, 0) is 36.1 Å². The van der Waals surface area contributed by atoms with E-state index in [9.17, 15) is 0 Å². The Morgan fingerprint density at radius 2 is 2.26 bits per heavy atom. The summed E-state index contributed by atoms with van der Waals surface area (Å²) in [6, 6.07) is 10.4. The van der Waals surface area contributed by atoms with Crippen molar-refractivity contribution in [3.63, 3.8) is 0 Å². The summed E-state index contributed by atoms with van der Waals surface area (Å²) in [7, 11) is 3.73. The lowest BCUT2D eigenvalue weighted by molar-refractivity contribution is 0.0638. The first-order valence-corrected chi connectivity index (χ1v) is 7.93. The fraction of sp³-hybridized carbons (Fsp3) is 0.444. The number of aryl methyl sites for hydroxylation is 1. The van der Waals surface area contributed by atoms with Crippen molar-refractivity contribution in [2.24, 2.45) is 7.05 Å². The quantitative estimate of drug-likeness (QED) is 0.849. The second-order valence-electron chi connectivity index (χ2n) is 6.14. The molecule has 1 fully saturated rings. The van der Waals surface area contributed by atoms with Gasteiger partial charge in [0.1, 0.15) is 0 Å². The Hall–Kier alpha value is -2.16. The molecule has 0 aliphatic carbocycles. The summed E-state index contributed by atoms with van der Waals surface area (Å²) >= 11 is 0. The predicted octanol–water partition coefficient (Wildman–Crippen LogP) is 2.12. The fourth-order valence-electron chi connectivity index (χ4n) is 3.41.